The Morgan fingerprint density at radius 2 is 2.24 bits per heavy atom. The summed E-state index contributed by atoms with van der Waals surface area (Å²) in [6, 6.07) is 0.251. The summed E-state index contributed by atoms with van der Waals surface area (Å²) in [7, 11) is 3.37. The highest BCUT2D eigenvalue weighted by atomic mass is 32.1. The van der Waals surface area contributed by atoms with Gasteiger partial charge in [-0.1, -0.05) is 6.92 Å². The predicted octanol–water partition coefficient (Wildman–Crippen LogP) is 1.83. The predicted molar refractivity (Wildman–Crippen MR) is 84.2 cm³/mol. The van der Waals surface area contributed by atoms with E-state index in [1.165, 1.54) is 18.4 Å². The van der Waals surface area contributed by atoms with E-state index in [1.54, 1.807) is 6.92 Å². The van der Waals surface area contributed by atoms with Crippen LogP contribution < -0.4 is 11.1 Å². The zero-order valence-electron chi connectivity index (χ0n) is 12.6. The van der Waals surface area contributed by atoms with Crippen LogP contribution in [0, 0.1) is 0 Å². The molecular formula is C14H21N3O3S. The second-order valence-electron chi connectivity index (χ2n) is 5.21. The number of carbonyl (C=O) groups excluding carboxylic acids is 2. The summed E-state index contributed by atoms with van der Waals surface area (Å²) >= 11 is 1.25. The van der Waals surface area contributed by atoms with Gasteiger partial charge in [0.2, 0.25) is 0 Å². The van der Waals surface area contributed by atoms with Crippen molar-refractivity contribution in [1.82, 2.24) is 4.90 Å². The summed E-state index contributed by atoms with van der Waals surface area (Å²) in [6.45, 7) is 3.68. The third kappa shape index (κ3) is 3.19. The number of nitrogen functional groups attached to an aromatic ring is 1. The molecule has 0 radical (unpaired) electrons. The van der Waals surface area contributed by atoms with Crippen molar-refractivity contribution < 1.29 is 14.3 Å². The van der Waals surface area contributed by atoms with E-state index in [9.17, 15) is 9.59 Å². The maximum atomic E-state index is 12.0. The van der Waals surface area contributed by atoms with E-state index in [-0.39, 0.29) is 23.1 Å². The molecule has 2 heterocycles. The number of Topliss-reactive ketones (excluding diaryl/α,β-unsaturated/α-hetero) is 1. The Bertz CT molecular complexity index is 556. The second kappa shape index (κ2) is 6.44. The molecule has 1 aliphatic heterocycles. The zero-order chi connectivity index (χ0) is 15.6. The molecule has 1 aromatic heterocycles. The molecule has 21 heavy (non-hydrogen) atoms. The van der Waals surface area contributed by atoms with E-state index in [0.717, 1.165) is 19.5 Å². The maximum absolute atomic E-state index is 12.0. The van der Waals surface area contributed by atoms with Gasteiger partial charge in [0.15, 0.2) is 5.78 Å². The Hall–Kier alpha value is -1.60. The largest absolute Gasteiger partial charge is 0.465 e. The standard InChI is InChI=1S/C14H21N3O3S/c1-4-9(18)12-11(15)10(14(19)20-3)13(21-12)16-8-5-6-17(2)7-8/h8,16H,4-7,15H2,1-3H3. The van der Waals surface area contributed by atoms with Crippen molar-refractivity contribution in [2.45, 2.75) is 25.8 Å². The first kappa shape index (κ1) is 15.8. The lowest BCUT2D eigenvalue weighted by atomic mass is 10.1. The van der Waals surface area contributed by atoms with Gasteiger partial charge >= 0.3 is 5.97 Å². The summed E-state index contributed by atoms with van der Waals surface area (Å²) in [5.41, 5.74) is 6.51. The molecule has 1 saturated heterocycles. The Balaban J connectivity index is 2.33. The van der Waals surface area contributed by atoms with Crippen molar-refractivity contribution in [2.24, 2.45) is 0 Å². The molecule has 0 spiro atoms. The first-order valence-electron chi connectivity index (χ1n) is 6.96. The highest BCUT2D eigenvalue weighted by Gasteiger charge is 2.28. The fourth-order valence-electron chi connectivity index (χ4n) is 2.46. The fourth-order valence-corrected chi connectivity index (χ4v) is 3.65. The minimum absolute atomic E-state index is 0.0563. The third-order valence-electron chi connectivity index (χ3n) is 3.64. The molecule has 1 fully saturated rings. The maximum Gasteiger partial charge on any atom is 0.343 e. The highest BCUT2D eigenvalue weighted by Crippen LogP contribution is 2.37. The fraction of sp³-hybridized carbons (Fsp3) is 0.571. The van der Waals surface area contributed by atoms with Gasteiger partial charge in [0, 0.05) is 19.0 Å². The number of methoxy groups -OCH3 is 1. The molecule has 0 bridgehead atoms. The number of ketones is 1. The number of nitrogens with one attached hydrogen (secondary N) is 1. The number of hydrogen-bond acceptors (Lipinski definition) is 7. The smallest absolute Gasteiger partial charge is 0.343 e. The number of nitrogens with two attached hydrogens (primary N) is 1. The van der Waals surface area contributed by atoms with E-state index in [0.29, 0.717) is 16.3 Å². The Morgan fingerprint density at radius 1 is 1.52 bits per heavy atom. The number of nitrogens with zero attached hydrogens (tertiary/aromatic N) is 1. The van der Waals surface area contributed by atoms with Gasteiger partial charge in [-0.15, -0.1) is 11.3 Å². The van der Waals surface area contributed by atoms with Gasteiger partial charge < -0.3 is 20.7 Å². The molecule has 1 aromatic rings. The first-order chi connectivity index (χ1) is 9.97. The number of thiophene rings is 1. The average molecular weight is 311 g/mol. The SMILES string of the molecule is CCC(=O)c1sc(NC2CCN(C)C2)c(C(=O)OC)c1N. The number of rotatable bonds is 5. The molecular weight excluding hydrogens is 290 g/mol. The van der Waals surface area contributed by atoms with Crippen molar-refractivity contribution in [3.63, 3.8) is 0 Å². The molecule has 0 saturated carbocycles. The minimum atomic E-state index is -0.507. The lowest BCUT2D eigenvalue weighted by Crippen LogP contribution is -2.24. The van der Waals surface area contributed by atoms with Crippen molar-refractivity contribution in [3.8, 4) is 0 Å². The quantitative estimate of drug-likeness (QED) is 0.637. The summed E-state index contributed by atoms with van der Waals surface area (Å²) in [6.07, 6.45) is 1.35. The van der Waals surface area contributed by atoms with Gasteiger partial charge in [0.05, 0.1) is 17.7 Å². The van der Waals surface area contributed by atoms with E-state index in [4.69, 9.17) is 10.5 Å². The van der Waals surface area contributed by atoms with Crippen LogP contribution in [-0.2, 0) is 4.74 Å². The molecule has 1 atom stereocenters. The lowest BCUT2D eigenvalue weighted by Gasteiger charge is -2.13. The Labute approximate surface area is 128 Å². The number of likely N-dealkylation sites (N-methyl/N-ethyl adjacent to an activating group) is 1. The molecule has 2 rings (SSSR count). The molecule has 3 N–H and O–H groups in total. The van der Waals surface area contributed by atoms with Crippen LogP contribution in [0.2, 0.25) is 0 Å². The van der Waals surface area contributed by atoms with Crippen LogP contribution in [0.4, 0.5) is 10.7 Å². The Morgan fingerprint density at radius 3 is 2.76 bits per heavy atom. The van der Waals surface area contributed by atoms with Gasteiger partial charge in [-0.25, -0.2) is 4.79 Å². The van der Waals surface area contributed by atoms with Crippen molar-refractivity contribution in [1.29, 1.82) is 0 Å². The van der Waals surface area contributed by atoms with Crippen LogP contribution >= 0.6 is 11.3 Å². The average Bonchev–Trinajstić information content (AvgIpc) is 3.01. The van der Waals surface area contributed by atoms with Crippen LogP contribution in [0.1, 0.15) is 39.8 Å². The summed E-state index contributed by atoms with van der Waals surface area (Å²) in [5, 5.41) is 3.97. The summed E-state index contributed by atoms with van der Waals surface area (Å²) in [5.74, 6) is -0.563. The topological polar surface area (TPSA) is 84.7 Å². The van der Waals surface area contributed by atoms with Gasteiger partial charge in [-0.3, -0.25) is 4.79 Å². The third-order valence-corrected chi connectivity index (χ3v) is 4.81. The van der Waals surface area contributed by atoms with Gasteiger partial charge in [-0.2, -0.15) is 0 Å². The molecule has 6 nitrogen and oxygen atoms in total. The van der Waals surface area contributed by atoms with E-state index in [2.05, 4.69) is 17.3 Å². The zero-order valence-corrected chi connectivity index (χ0v) is 13.4. The van der Waals surface area contributed by atoms with Crippen molar-refractivity contribution in [3.05, 3.63) is 10.4 Å². The summed E-state index contributed by atoms with van der Waals surface area (Å²) in [4.78, 5) is 26.6. The molecule has 116 valence electrons. The number of anilines is 2. The van der Waals surface area contributed by atoms with Crippen LogP contribution in [0.25, 0.3) is 0 Å². The number of esters is 1. The molecule has 0 aliphatic carbocycles. The van der Waals surface area contributed by atoms with Crippen molar-refractivity contribution in [2.75, 3.05) is 38.3 Å². The Kier molecular flexibility index (Phi) is 4.84. The van der Waals surface area contributed by atoms with Gasteiger partial charge in [-0.05, 0) is 20.0 Å². The van der Waals surface area contributed by atoms with E-state index >= 15 is 0 Å². The number of hydrogen-bond donors (Lipinski definition) is 2. The van der Waals surface area contributed by atoms with Gasteiger partial charge in [0.1, 0.15) is 10.6 Å². The molecule has 0 aromatic carbocycles. The molecule has 0 amide bonds. The minimum Gasteiger partial charge on any atom is -0.465 e. The molecule has 1 unspecified atom stereocenters. The number of ether oxygens (including phenoxy) is 1. The van der Waals surface area contributed by atoms with Crippen LogP contribution in [0.5, 0.6) is 0 Å². The normalized spacial score (nSPS) is 18.7. The molecule has 7 heteroatoms. The van der Waals surface area contributed by atoms with Crippen LogP contribution in [0.3, 0.4) is 0 Å². The van der Waals surface area contributed by atoms with Crippen LogP contribution in [0.15, 0.2) is 0 Å². The van der Waals surface area contributed by atoms with Crippen LogP contribution in [-0.4, -0.2) is 49.9 Å². The van der Waals surface area contributed by atoms with E-state index in [1.807, 2.05) is 0 Å². The van der Waals surface area contributed by atoms with E-state index < -0.39 is 5.97 Å². The summed E-state index contributed by atoms with van der Waals surface area (Å²) < 4.78 is 4.80. The number of likely N-dealkylation sites (tertiary alicyclic amines) is 1. The van der Waals surface area contributed by atoms with Crippen molar-refractivity contribution >= 4 is 33.8 Å². The molecule has 1 aliphatic rings. The second-order valence-corrected chi connectivity index (χ2v) is 6.23. The van der Waals surface area contributed by atoms with Gasteiger partial charge in [0.25, 0.3) is 0 Å². The number of carbonyl (C=O) groups is 2. The lowest BCUT2D eigenvalue weighted by molar-refractivity contribution is 0.0603. The highest BCUT2D eigenvalue weighted by molar-refractivity contribution is 7.19. The monoisotopic (exact) mass is 311 g/mol. The first-order valence-corrected chi connectivity index (χ1v) is 7.78.